The molecule has 0 spiro atoms. The van der Waals surface area contributed by atoms with Gasteiger partial charge >= 0.3 is 0 Å². The molecule has 2 N–H and O–H groups in total. The summed E-state index contributed by atoms with van der Waals surface area (Å²) in [5, 5.41) is 20.2. The summed E-state index contributed by atoms with van der Waals surface area (Å²) in [6.45, 7) is 5.34. The van der Waals surface area contributed by atoms with E-state index in [0.29, 0.717) is 5.56 Å². The number of phenolic OH excluding ortho intramolecular Hbond substituents is 1. The fourth-order valence-electron chi connectivity index (χ4n) is 3.49. The standard InChI is InChI=1S/C19H23NO6S2/c1-12-7-14(3)19(8-13(12)2)28(25,26)20(15-5-4-6-16(21)9-15)17-10-27(23,24)11-18(17)22/h4-9,17-18,21-22H,10-11H2,1-3H3/t17-,18-/m1/s1. The molecule has 9 heteroatoms. The first-order valence-electron chi connectivity index (χ1n) is 8.72. The van der Waals surface area contributed by atoms with Crippen LogP contribution in [0.4, 0.5) is 5.69 Å². The number of aliphatic hydroxyl groups is 1. The summed E-state index contributed by atoms with van der Waals surface area (Å²) < 4.78 is 52.3. The van der Waals surface area contributed by atoms with E-state index in [1.807, 2.05) is 6.92 Å². The van der Waals surface area contributed by atoms with Gasteiger partial charge in [0.25, 0.3) is 10.0 Å². The lowest BCUT2D eigenvalue weighted by atomic mass is 10.1. The van der Waals surface area contributed by atoms with Crippen molar-refractivity contribution < 1.29 is 27.0 Å². The number of rotatable bonds is 4. The van der Waals surface area contributed by atoms with E-state index in [1.54, 1.807) is 26.0 Å². The van der Waals surface area contributed by atoms with Crippen molar-refractivity contribution in [1.29, 1.82) is 0 Å². The van der Waals surface area contributed by atoms with Crippen molar-refractivity contribution in [3.8, 4) is 5.75 Å². The van der Waals surface area contributed by atoms with Crippen LogP contribution in [0, 0.1) is 20.8 Å². The van der Waals surface area contributed by atoms with Crippen molar-refractivity contribution in [2.24, 2.45) is 0 Å². The highest BCUT2D eigenvalue weighted by Crippen LogP contribution is 2.34. The summed E-state index contributed by atoms with van der Waals surface area (Å²) in [7, 11) is -7.80. The van der Waals surface area contributed by atoms with Crippen LogP contribution < -0.4 is 4.31 Å². The van der Waals surface area contributed by atoms with Gasteiger partial charge in [0.15, 0.2) is 9.84 Å². The van der Waals surface area contributed by atoms with Crippen LogP contribution in [-0.4, -0.2) is 50.7 Å². The Kier molecular flexibility index (Phi) is 5.20. The minimum absolute atomic E-state index is 0.0374. The van der Waals surface area contributed by atoms with Gasteiger partial charge in [-0.2, -0.15) is 0 Å². The summed E-state index contributed by atoms with van der Waals surface area (Å²) in [4.78, 5) is 0.0374. The third kappa shape index (κ3) is 3.74. The van der Waals surface area contributed by atoms with Crippen molar-refractivity contribution in [3.05, 3.63) is 53.1 Å². The molecule has 0 unspecified atom stereocenters. The topological polar surface area (TPSA) is 112 Å². The minimum Gasteiger partial charge on any atom is -0.508 e. The Balaban J connectivity index is 2.23. The van der Waals surface area contributed by atoms with Crippen LogP contribution in [0.3, 0.4) is 0 Å². The predicted molar refractivity (Wildman–Crippen MR) is 107 cm³/mol. The molecule has 0 bridgehead atoms. The van der Waals surface area contributed by atoms with Gasteiger partial charge in [-0.05, 0) is 55.7 Å². The Labute approximate surface area is 165 Å². The smallest absolute Gasteiger partial charge is 0.264 e. The Morgan fingerprint density at radius 3 is 2.21 bits per heavy atom. The minimum atomic E-state index is -4.21. The van der Waals surface area contributed by atoms with Crippen molar-refractivity contribution in [1.82, 2.24) is 0 Å². The third-order valence-corrected chi connectivity index (χ3v) is 8.70. The van der Waals surface area contributed by atoms with E-state index < -0.39 is 43.5 Å². The number of nitrogens with zero attached hydrogens (tertiary/aromatic N) is 1. The van der Waals surface area contributed by atoms with Gasteiger partial charge in [-0.15, -0.1) is 0 Å². The zero-order valence-electron chi connectivity index (χ0n) is 15.8. The van der Waals surface area contributed by atoms with E-state index in [9.17, 15) is 27.0 Å². The van der Waals surface area contributed by atoms with Crippen LogP contribution in [0.5, 0.6) is 5.75 Å². The maximum Gasteiger partial charge on any atom is 0.264 e. The van der Waals surface area contributed by atoms with Crippen molar-refractivity contribution >= 4 is 25.5 Å². The normalized spacial score (nSPS) is 21.6. The third-order valence-electron chi connectivity index (χ3n) is 5.01. The molecule has 1 fully saturated rings. The van der Waals surface area contributed by atoms with Gasteiger partial charge in [0, 0.05) is 6.07 Å². The number of sulfonamides is 1. The number of anilines is 1. The Bertz CT molecular complexity index is 1130. The molecular weight excluding hydrogens is 402 g/mol. The van der Waals surface area contributed by atoms with Crippen molar-refractivity contribution in [2.75, 3.05) is 15.8 Å². The molecule has 7 nitrogen and oxygen atoms in total. The predicted octanol–water partition coefficient (Wildman–Crippen LogP) is 1.67. The lowest BCUT2D eigenvalue weighted by Crippen LogP contribution is -2.47. The van der Waals surface area contributed by atoms with Crippen LogP contribution in [0.15, 0.2) is 41.3 Å². The van der Waals surface area contributed by atoms with E-state index in [2.05, 4.69) is 0 Å². The van der Waals surface area contributed by atoms with E-state index in [4.69, 9.17) is 0 Å². The molecule has 0 radical (unpaired) electrons. The molecule has 0 aromatic heterocycles. The van der Waals surface area contributed by atoms with Gasteiger partial charge in [-0.1, -0.05) is 12.1 Å². The van der Waals surface area contributed by atoms with Crippen LogP contribution in [0.25, 0.3) is 0 Å². The molecule has 1 aliphatic rings. The highest BCUT2D eigenvalue weighted by atomic mass is 32.2. The van der Waals surface area contributed by atoms with Gasteiger partial charge in [0.05, 0.1) is 34.2 Å². The van der Waals surface area contributed by atoms with Gasteiger partial charge in [0.2, 0.25) is 0 Å². The Morgan fingerprint density at radius 1 is 1.00 bits per heavy atom. The molecule has 2 aromatic carbocycles. The molecule has 1 aliphatic heterocycles. The number of sulfone groups is 1. The lowest BCUT2D eigenvalue weighted by Gasteiger charge is -2.32. The molecule has 28 heavy (non-hydrogen) atoms. The van der Waals surface area contributed by atoms with Crippen LogP contribution in [0.2, 0.25) is 0 Å². The van der Waals surface area contributed by atoms with Crippen molar-refractivity contribution in [3.63, 3.8) is 0 Å². The number of benzene rings is 2. The van der Waals surface area contributed by atoms with Crippen molar-refractivity contribution in [2.45, 2.75) is 37.8 Å². The second-order valence-corrected chi connectivity index (χ2v) is 11.2. The number of hydrogen-bond acceptors (Lipinski definition) is 6. The lowest BCUT2D eigenvalue weighted by molar-refractivity contribution is 0.184. The first-order valence-corrected chi connectivity index (χ1v) is 12.0. The largest absolute Gasteiger partial charge is 0.508 e. The zero-order valence-corrected chi connectivity index (χ0v) is 17.5. The number of hydrogen-bond donors (Lipinski definition) is 2. The molecule has 1 heterocycles. The van der Waals surface area contributed by atoms with Gasteiger partial charge in [-0.25, -0.2) is 16.8 Å². The molecule has 2 atom stereocenters. The molecule has 152 valence electrons. The average molecular weight is 426 g/mol. The number of aromatic hydroxyl groups is 1. The second-order valence-electron chi connectivity index (χ2n) is 7.23. The maximum atomic E-state index is 13.6. The molecule has 0 saturated carbocycles. The molecule has 0 aliphatic carbocycles. The summed E-state index contributed by atoms with van der Waals surface area (Å²) >= 11 is 0. The van der Waals surface area contributed by atoms with Crippen LogP contribution >= 0.6 is 0 Å². The quantitative estimate of drug-likeness (QED) is 0.771. The summed E-state index contributed by atoms with van der Waals surface area (Å²) in [5.41, 5.74) is 2.32. The van der Waals surface area contributed by atoms with Gasteiger partial charge in [0.1, 0.15) is 5.75 Å². The average Bonchev–Trinajstić information content (AvgIpc) is 2.83. The van der Waals surface area contributed by atoms with Gasteiger partial charge < -0.3 is 10.2 Å². The SMILES string of the molecule is Cc1cc(C)c(S(=O)(=O)N(c2cccc(O)c2)[C@@H]2CS(=O)(=O)C[C@H]2O)cc1C. The highest BCUT2D eigenvalue weighted by Gasteiger charge is 2.45. The Morgan fingerprint density at radius 2 is 1.64 bits per heavy atom. The fraction of sp³-hybridized carbons (Fsp3) is 0.368. The molecule has 3 rings (SSSR count). The first-order chi connectivity index (χ1) is 12.9. The second kappa shape index (κ2) is 7.06. The monoisotopic (exact) mass is 425 g/mol. The first kappa shape index (κ1) is 20.6. The molecule has 2 aromatic rings. The number of aryl methyl sites for hydroxylation is 3. The van der Waals surface area contributed by atoms with Gasteiger partial charge in [-0.3, -0.25) is 4.31 Å². The van der Waals surface area contributed by atoms with Crippen LogP contribution in [0.1, 0.15) is 16.7 Å². The fourth-order valence-corrected chi connectivity index (χ4v) is 7.32. The van der Waals surface area contributed by atoms with E-state index in [-0.39, 0.29) is 16.3 Å². The van der Waals surface area contributed by atoms with Crippen LogP contribution in [-0.2, 0) is 19.9 Å². The Hall–Kier alpha value is -2.10. The molecule has 0 amide bonds. The highest BCUT2D eigenvalue weighted by molar-refractivity contribution is 7.93. The molecule has 1 saturated heterocycles. The number of phenols is 1. The van der Waals surface area contributed by atoms with E-state index >= 15 is 0 Å². The zero-order chi connectivity index (χ0) is 20.9. The van der Waals surface area contributed by atoms with E-state index in [1.165, 1.54) is 24.3 Å². The maximum absolute atomic E-state index is 13.6. The summed E-state index contributed by atoms with van der Waals surface area (Å²) in [5.74, 6) is -1.16. The summed E-state index contributed by atoms with van der Waals surface area (Å²) in [6, 6.07) is 7.68. The van der Waals surface area contributed by atoms with E-state index in [0.717, 1.165) is 15.4 Å². The summed E-state index contributed by atoms with van der Waals surface area (Å²) in [6.07, 6.45) is -1.37. The molecular formula is C19H23NO6S2. The number of aliphatic hydroxyl groups excluding tert-OH is 1.